The van der Waals surface area contributed by atoms with Crippen LogP contribution in [0.4, 0.5) is 29.3 Å². The van der Waals surface area contributed by atoms with Crippen molar-refractivity contribution in [1.82, 2.24) is 5.43 Å². The van der Waals surface area contributed by atoms with Crippen LogP contribution in [0.25, 0.3) is 0 Å². The number of halogens is 4. The Hall–Kier alpha value is -4.81. The number of aryl methyl sites for hydroxylation is 2. The molecule has 0 saturated carbocycles. The number of nitrogens with zero attached hydrogens (tertiary/aromatic N) is 2. The van der Waals surface area contributed by atoms with E-state index in [0.29, 0.717) is 48.0 Å². The van der Waals surface area contributed by atoms with Gasteiger partial charge in [-0.15, -0.1) is 11.8 Å². The van der Waals surface area contributed by atoms with Crippen molar-refractivity contribution in [2.45, 2.75) is 30.8 Å². The smallest absolute Gasteiger partial charge is 0.416 e. The molecule has 242 valence electrons. The number of hydrazone groups is 1. The van der Waals surface area contributed by atoms with Crippen LogP contribution in [0, 0.1) is 6.92 Å². The van der Waals surface area contributed by atoms with Gasteiger partial charge in [0, 0.05) is 22.8 Å². The molecule has 0 bridgehead atoms. The lowest BCUT2D eigenvalue weighted by Gasteiger charge is -2.17. The molecule has 1 aliphatic rings. The third-order valence-corrected chi connectivity index (χ3v) is 8.73. The molecule has 0 fully saturated rings. The second-order valence-electron chi connectivity index (χ2n) is 10.6. The van der Waals surface area contributed by atoms with E-state index in [2.05, 4.69) is 15.8 Å². The Morgan fingerprint density at radius 2 is 1.72 bits per heavy atom. The third kappa shape index (κ3) is 8.13. The van der Waals surface area contributed by atoms with E-state index in [1.54, 1.807) is 35.7 Å². The number of benzene rings is 4. The first-order chi connectivity index (χ1) is 22.4. The van der Waals surface area contributed by atoms with Gasteiger partial charge in [-0.1, -0.05) is 54.1 Å². The first kappa shape index (κ1) is 33.6. The van der Waals surface area contributed by atoms with Gasteiger partial charge >= 0.3 is 18.2 Å². The molecule has 0 unspecified atom stereocenters. The second-order valence-corrected chi connectivity index (χ2v) is 12.2. The van der Waals surface area contributed by atoms with E-state index in [1.165, 1.54) is 0 Å². The van der Waals surface area contributed by atoms with Gasteiger partial charge in [-0.05, 0) is 78.9 Å². The number of rotatable bonds is 10. The van der Waals surface area contributed by atoms with E-state index >= 15 is 0 Å². The molecular weight excluding hydrogens is 653 g/mol. The molecule has 4 aromatic rings. The predicted octanol–water partition coefficient (Wildman–Crippen LogP) is 7.82. The first-order valence-electron chi connectivity index (χ1n) is 14.4. The van der Waals surface area contributed by atoms with E-state index in [1.807, 2.05) is 54.6 Å². The molecule has 0 spiro atoms. The van der Waals surface area contributed by atoms with E-state index in [-0.39, 0.29) is 22.0 Å². The van der Waals surface area contributed by atoms with Crippen LogP contribution in [0.2, 0.25) is 5.02 Å². The zero-order chi connectivity index (χ0) is 33.7. The fourth-order valence-corrected chi connectivity index (χ4v) is 6.22. The number of urea groups is 1. The van der Waals surface area contributed by atoms with Crippen LogP contribution in [0.1, 0.15) is 38.2 Å². The molecule has 1 aliphatic heterocycles. The van der Waals surface area contributed by atoms with Gasteiger partial charge in [-0.3, -0.25) is 4.79 Å². The fraction of sp³-hybridized carbons (Fsp3) is 0.176. The lowest BCUT2D eigenvalue weighted by molar-refractivity contribution is -0.137. The Bertz CT molecular complexity index is 1870. The van der Waals surface area contributed by atoms with Crippen molar-refractivity contribution >= 4 is 58.4 Å². The highest BCUT2D eigenvalue weighted by Gasteiger charge is 2.35. The second kappa shape index (κ2) is 14.3. The summed E-state index contributed by atoms with van der Waals surface area (Å²) in [6, 6.07) is 22.1. The minimum Gasteiger partial charge on any atom is -0.478 e. The average Bonchev–Trinajstić information content (AvgIpc) is 3.29. The number of aromatic carboxylic acids is 1. The number of carboxylic acid groups (broad SMARTS) is 1. The number of hydrogen-bond acceptors (Lipinski definition) is 5. The third-order valence-electron chi connectivity index (χ3n) is 7.42. The van der Waals surface area contributed by atoms with Gasteiger partial charge in [0.1, 0.15) is 0 Å². The van der Waals surface area contributed by atoms with Gasteiger partial charge < -0.3 is 15.3 Å². The minimum atomic E-state index is -4.59. The molecule has 0 aromatic heterocycles. The number of alkyl halides is 3. The summed E-state index contributed by atoms with van der Waals surface area (Å²) in [7, 11) is 0. The Balaban J connectivity index is 1.33. The first-order valence-corrected chi connectivity index (χ1v) is 15.7. The van der Waals surface area contributed by atoms with Crippen LogP contribution < -0.4 is 15.6 Å². The lowest BCUT2D eigenvalue weighted by atomic mass is 10.0. The molecule has 3 amide bonds. The summed E-state index contributed by atoms with van der Waals surface area (Å²) in [5.41, 5.74) is 5.38. The molecule has 1 heterocycles. The van der Waals surface area contributed by atoms with Gasteiger partial charge in [-0.25, -0.2) is 15.0 Å². The summed E-state index contributed by atoms with van der Waals surface area (Å²) in [5.74, 6) is -0.709. The Morgan fingerprint density at radius 1 is 0.957 bits per heavy atom. The van der Waals surface area contributed by atoms with Crippen LogP contribution >= 0.6 is 23.4 Å². The topological polar surface area (TPSA) is 111 Å². The summed E-state index contributed by atoms with van der Waals surface area (Å²) >= 11 is 7.51. The average molecular weight is 681 g/mol. The zero-order valence-corrected chi connectivity index (χ0v) is 26.5. The van der Waals surface area contributed by atoms with Crippen molar-refractivity contribution in [1.29, 1.82) is 0 Å². The van der Waals surface area contributed by atoms with Crippen molar-refractivity contribution in [3.8, 4) is 0 Å². The largest absolute Gasteiger partial charge is 0.478 e. The normalized spacial score (nSPS) is 13.5. The van der Waals surface area contributed by atoms with Crippen molar-refractivity contribution in [3.05, 3.63) is 123 Å². The monoisotopic (exact) mass is 680 g/mol. The standard InChI is InChI=1S/C34H28ClF3N4O4S/c1-20-17-22(7-10-25(20)32(44)45)14-16-47-24-9-12-29-26(19-24)30(31(43)42(29)15-13-21-5-3-2-4-6-21)40-41-33(46)39-28-11-8-23(18-27(28)35)34(36,37)38/h2-12,17-19H,13-16H2,1H3,(H,44,45)(H2,39,41,46). The number of thioether (sulfide) groups is 1. The van der Waals surface area contributed by atoms with Crippen LogP contribution in [0.3, 0.4) is 0 Å². The van der Waals surface area contributed by atoms with Gasteiger partial charge in [0.2, 0.25) is 0 Å². The van der Waals surface area contributed by atoms with E-state index < -0.39 is 29.6 Å². The predicted molar refractivity (Wildman–Crippen MR) is 177 cm³/mol. The number of hydrogen-bond donors (Lipinski definition) is 3. The SMILES string of the molecule is Cc1cc(CCSc2ccc3c(c2)C(=NNC(=O)Nc2ccc(C(F)(F)F)cc2Cl)C(=O)N3CCc2ccccc2)ccc1C(=O)O. The lowest BCUT2D eigenvalue weighted by Crippen LogP contribution is -2.34. The Labute approximate surface area is 277 Å². The van der Waals surface area contributed by atoms with Gasteiger partial charge in [0.05, 0.1) is 27.5 Å². The number of anilines is 2. The van der Waals surface area contributed by atoms with Crippen molar-refractivity contribution in [2.75, 3.05) is 22.5 Å². The van der Waals surface area contributed by atoms with Crippen molar-refractivity contribution in [3.63, 3.8) is 0 Å². The van der Waals surface area contributed by atoms with Gasteiger partial charge in [0.25, 0.3) is 5.91 Å². The minimum absolute atomic E-state index is 0.00376. The quantitative estimate of drug-likeness (QED) is 0.117. The van der Waals surface area contributed by atoms with Crippen molar-refractivity contribution < 1.29 is 32.7 Å². The highest BCUT2D eigenvalue weighted by Crippen LogP contribution is 2.35. The number of nitrogens with one attached hydrogen (secondary N) is 2. The number of carbonyl (C=O) groups excluding carboxylic acids is 2. The van der Waals surface area contributed by atoms with Crippen LogP contribution in [-0.4, -0.2) is 41.0 Å². The molecule has 13 heteroatoms. The van der Waals surface area contributed by atoms with Crippen LogP contribution in [-0.2, 0) is 23.8 Å². The molecule has 47 heavy (non-hydrogen) atoms. The molecule has 5 rings (SSSR count). The van der Waals surface area contributed by atoms with Gasteiger partial charge in [-0.2, -0.15) is 18.3 Å². The molecule has 8 nitrogen and oxygen atoms in total. The maximum absolute atomic E-state index is 13.6. The highest BCUT2D eigenvalue weighted by molar-refractivity contribution is 7.99. The fourth-order valence-electron chi connectivity index (χ4n) is 5.06. The maximum Gasteiger partial charge on any atom is 0.416 e. The summed E-state index contributed by atoms with van der Waals surface area (Å²) in [6.45, 7) is 2.12. The molecule has 4 aromatic carbocycles. The number of amides is 3. The number of carboxylic acids is 1. The number of fused-ring (bicyclic) bond motifs is 1. The molecule has 3 N–H and O–H groups in total. The zero-order valence-electron chi connectivity index (χ0n) is 24.9. The van der Waals surface area contributed by atoms with Crippen LogP contribution in [0.5, 0.6) is 0 Å². The summed E-state index contributed by atoms with van der Waals surface area (Å²) in [5, 5.41) is 15.4. The molecule has 0 atom stereocenters. The molecular formula is C34H28ClF3N4O4S. The molecule has 0 radical (unpaired) electrons. The van der Waals surface area contributed by atoms with E-state index in [0.717, 1.165) is 28.2 Å². The Morgan fingerprint density at radius 3 is 2.40 bits per heavy atom. The van der Waals surface area contributed by atoms with Crippen LogP contribution in [0.15, 0.2) is 94.9 Å². The summed E-state index contributed by atoms with van der Waals surface area (Å²) in [6.07, 6.45) is -3.33. The number of carbonyl (C=O) groups is 3. The molecule has 0 saturated heterocycles. The summed E-state index contributed by atoms with van der Waals surface area (Å²) < 4.78 is 39.0. The maximum atomic E-state index is 13.6. The van der Waals surface area contributed by atoms with Crippen molar-refractivity contribution in [2.24, 2.45) is 5.10 Å². The molecule has 0 aliphatic carbocycles. The van der Waals surface area contributed by atoms with E-state index in [9.17, 15) is 32.7 Å². The van der Waals surface area contributed by atoms with E-state index in [4.69, 9.17) is 11.6 Å². The summed E-state index contributed by atoms with van der Waals surface area (Å²) in [4.78, 5) is 40.0. The highest BCUT2D eigenvalue weighted by atomic mass is 35.5. The Kier molecular flexibility index (Phi) is 10.2. The van der Waals surface area contributed by atoms with Gasteiger partial charge in [0.15, 0.2) is 5.71 Å².